The van der Waals surface area contributed by atoms with Crippen LogP contribution < -0.4 is 5.32 Å². The normalized spacial score (nSPS) is 12.7. The van der Waals surface area contributed by atoms with Gasteiger partial charge in [-0.15, -0.1) is 11.8 Å². The molecule has 16 heavy (non-hydrogen) atoms. The van der Waals surface area contributed by atoms with E-state index in [9.17, 15) is 4.39 Å². The summed E-state index contributed by atoms with van der Waals surface area (Å²) < 4.78 is 18.2. The minimum atomic E-state index is -0.141. The predicted octanol–water partition coefficient (Wildman–Crippen LogP) is 2.54. The second kappa shape index (κ2) is 7.65. The Balaban J connectivity index is 2.19. The van der Waals surface area contributed by atoms with E-state index in [0.717, 1.165) is 12.3 Å². The van der Waals surface area contributed by atoms with Crippen molar-refractivity contribution in [2.75, 3.05) is 26.0 Å². The summed E-state index contributed by atoms with van der Waals surface area (Å²) in [4.78, 5) is 0.712. The Morgan fingerprint density at radius 1 is 1.44 bits per heavy atom. The van der Waals surface area contributed by atoms with Gasteiger partial charge in [-0.1, -0.05) is 12.1 Å². The van der Waals surface area contributed by atoms with E-state index < -0.39 is 0 Å². The topological polar surface area (TPSA) is 21.3 Å². The summed E-state index contributed by atoms with van der Waals surface area (Å²) >= 11 is 1.53. The fourth-order valence-corrected chi connectivity index (χ4v) is 2.16. The molecule has 1 atom stereocenters. The molecule has 2 nitrogen and oxygen atoms in total. The van der Waals surface area contributed by atoms with Crippen LogP contribution in [0.5, 0.6) is 0 Å². The molecular formula is C12H18FNOS. The highest BCUT2D eigenvalue weighted by atomic mass is 32.2. The van der Waals surface area contributed by atoms with Gasteiger partial charge in [0.1, 0.15) is 5.82 Å². The van der Waals surface area contributed by atoms with E-state index in [1.807, 2.05) is 6.07 Å². The molecule has 0 aliphatic carbocycles. The molecule has 0 saturated heterocycles. The SMILES string of the molecule is COCC(C)NCCSc1ccccc1F. The maximum absolute atomic E-state index is 13.2. The van der Waals surface area contributed by atoms with Crippen LogP contribution in [0, 0.1) is 5.82 Å². The van der Waals surface area contributed by atoms with Crippen molar-refractivity contribution in [3.05, 3.63) is 30.1 Å². The summed E-state index contributed by atoms with van der Waals surface area (Å²) in [5, 5.41) is 3.30. The first-order chi connectivity index (χ1) is 7.74. The summed E-state index contributed by atoms with van der Waals surface area (Å²) in [5.74, 6) is 0.715. The zero-order valence-corrected chi connectivity index (χ0v) is 10.5. The second-order valence-electron chi connectivity index (χ2n) is 3.59. The lowest BCUT2D eigenvalue weighted by molar-refractivity contribution is 0.173. The zero-order chi connectivity index (χ0) is 11.8. The average Bonchev–Trinajstić information content (AvgIpc) is 2.27. The number of hydrogen-bond donors (Lipinski definition) is 1. The number of thioether (sulfide) groups is 1. The summed E-state index contributed by atoms with van der Waals surface area (Å²) in [6.07, 6.45) is 0. The third kappa shape index (κ3) is 4.96. The van der Waals surface area contributed by atoms with E-state index in [1.54, 1.807) is 19.2 Å². The van der Waals surface area contributed by atoms with Gasteiger partial charge in [-0.2, -0.15) is 0 Å². The number of methoxy groups -OCH3 is 1. The molecule has 0 saturated carbocycles. The van der Waals surface area contributed by atoms with Gasteiger partial charge in [-0.05, 0) is 19.1 Å². The Morgan fingerprint density at radius 2 is 2.19 bits per heavy atom. The molecule has 0 aliphatic heterocycles. The molecule has 1 aromatic carbocycles. The quantitative estimate of drug-likeness (QED) is 0.587. The molecule has 0 amide bonds. The van der Waals surface area contributed by atoms with E-state index >= 15 is 0 Å². The molecular weight excluding hydrogens is 225 g/mol. The first-order valence-corrected chi connectivity index (χ1v) is 6.32. The molecule has 0 spiro atoms. The summed E-state index contributed by atoms with van der Waals surface area (Å²) in [5.41, 5.74) is 0. The molecule has 0 aliphatic rings. The lowest BCUT2D eigenvalue weighted by Gasteiger charge is -2.12. The van der Waals surface area contributed by atoms with Gasteiger partial charge in [-0.25, -0.2) is 4.39 Å². The van der Waals surface area contributed by atoms with E-state index in [2.05, 4.69) is 12.2 Å². The summed E-state index contributed by atoms with van der Waals surface area (Å²) in [7, 11) is 1.69. The van der Waals surface area contributed by atoms with Gasteiger partial charge in [0.2, 0.25) is 0 Å². The Labute approximate surface area is 101 Å². The van der Waals surface area contributed by atoms with Gasteiger partial charge in [0.15, 0.2) is 0 Å². The third-order valence-corrected chi connectivity index (χ3v) is 3.16. The number of rotatable bonds is 7. The number of nitrogens with one attached hydrogen (secondary N) is 1. The van der Waals surface area contributed by atoms with Crippen molar-refractivity contribution in [3.63, 3.8) is 0 Å². The van der Waals surface area contributed by atoms with E-state index in [1.165, 1.54) is 17.8 Å². The van der Waals surface area contributed by atoms with Crippen LogP contribution in [0.4, 0.5) is 4.39 Å². The molecule has 1 rings (SSSR count). The van der Waals surface area contributed by atoms with Gasteiger partial charge in [0, 0.05) is 30.3 Å². The Kier molecular flexibility index (Phi) is 6.45. The van der Waals surface area contributed by atoms with Crippen molar-refractivity contribution in [2.45, 2.75) is 17.9 Å². The van der Waals surface area contributed by atoms with Gasteiger partial charge in [0.05, 0.1) is 6.61 Å². The first kappa shape index (κ1) is 13.5. The van der Waals surface area contributed by atoms with Crippen LogP contribution in [-0.2, 0) is 4.74 Å². The molecule has 1 aromatic rings. The van der Waals surface area contributed by atoms with Crippen LogP contribution in [0.2, 0.25) is 0 Å². The number of hydrogen-bond acceptors (Lipinski definition) is 3. The molecule has 0 fully saturated rings. The largest absolute Gasteiger partial charge is 0.383 e. The second-order valence-corrected chi connectivity index (χ2v) is 4.73. The molecule has 4 heteroatoms. The number of ether oxygens (including phenoxy) is 1. The molecule has 1 unspecified atom stereocenters. The van der Waals surface area contributed by atoms with Gasteiger partial charge in [-0.3, -0.25) is 0 Å². The van der Waals surface area contributed by atoms with Crippen LogP contribution in [0.3, 0.4) is 0 Å². The molecule has 0 heterocycles. The van der Waals surface area contributed by atoms with Gasteiger partial charge in [0.25, 0.3) is 0 Å². The zero-order valence-electron chi connectivity index (χ0n) is 9.70. The van der Waals surface area contributed by atoms with Crippen LogP contribution in [0.1, 0.15) is 6.92 Å². The highest BCUT2D eigenvalue weighted by Crippen LogP contribution is 2.20. The first-order valence-electron chi connectivity index (χ1n) is 5.33. The van der Waals surface area contributed by atoms with E-state index in [4.69, 9.17) is 4.74 Å². The van der Waals surface area contributed by atoms with Crippen molar-refractivity contribution in [3.8, 4) is 0 Å². The summed E-state index contributed by atoms with van der Waals surface area (Å²) in [6.45, 7) is 3.62. The van der Waals surface area contributed by atoms with Crippen LogP contribution in [-0.4, -0.2) is 32.1 Å². The van der Waals surface area contributed by atoms with Crippen LogP contribution >= 0.6 is 11.8 Å². The van der Waals surface area contributed by atoms with Crippen LogP contribution in [0.15, 0.2) is 29.2 Å². The van der Waals surface area contributed by atoms with Crippen LogP contribution in [0.25, 0.3) is 0 Å². The maximum Gasteiger partial charge on any atom is 0.136 e. The minimum Gasteiger partial charge on any atom is -0.383 e. The molecule has 1 N–H and O–H groups in total. The lowest BCUT2D eigenvalue weighted by Crippen LogP contribution is -2.31. The van der Waals surface area contributed by atoms with Crippen molar-refractivity contribution in [2.24, 2.45) is 0 Å². The minimum absolute atomic E-state index is 0.141. The van der Waals surface area contributed by atoms with Crippen molar-refractivity contribution in [1.29, 1.82) is 0 Å². The predicted molar refractivity (Wildman–Crippen MR) is 66.5 cm³/mol. The summed E-state index contributed by atoms with van der Waals surface area (Å²) in [6, 6.07) is 7.19. The molecule has 0 radical (unpaired) electrons. The fraction of sp³-hybridized carbons (Fsp3) is 0.500. The number of halogens is 1. The van der Waals surface area contributed by atoms with E-state index in [-0.39, 0.29) is 5.82 Å². The van der Waals surface area contributed by atoms with Crippen molar-refractivity contribution in [1.82, 2.24) is 5.32 Å². The van der Waals surface area contributed by atoms with Crippen molar-refractivity contribution >= 4 is 11.8 Å². The standard InChI is InChI=1S/C12H18FNOS/c1-10(9-15-2)14-7-8-16-12-6-4-3-5-11(12)13/h3-6,10,14H,7-9H2,1-2H3. The van der Waals surface area contributed by atoms with Crippen molar-refractivity contribution < 1.29 is 9.13 Å². The Morgan fingerprint density at radius 3 is 2.88 bits per heavy atom. The fourth-order valence-electron chi connectivity index (χ4n) is 1.34. The highest BCUT2D eigenvalue weighted by molar-refractivity contribution is 7.99. The average molecular weight is 243 g/mol. The Hall–Kier alpha value is -0.580. The smallest absolute Gasteiger partial charge is 0.136 e. The van der Waals surface area contributed by atoms with Gasteiger partial charge < -0.3 is 10.1 Å². The van der Waals surface area contributed by atoms with E-state index in [0.29, 0.717) is 17.5 Å². The number of benzene rings is 1. The molecule has 0 aromatic heterocycles. The Bertz CT molecular complexity index is 309. The monoisotopic (exact) mass is 243 g/mol. The third-order valence-electron chi connectivity index (χ3n) is 2.11. The molecule has 90 valence electrons. The van der Waals surface area contributed by atoms with Gasteiger partial charge >= 0.3 is 0 Å². The maximum atomic E-state index is 13.2. The molecule has 0 bridgehead atoms. The highest BCUT2D eigenvalue weighted by Gasteiger charge is 2.02. The lowest BCUT2D eigenvalue weighted by atomic mass is 10.3.